The van der Waals surface area contributed by atoms with E-state index in [4.69, 9.17) is 18.6 Å². The van der Waals surface area contributed by atoms with Gasteiger partial charge < -0.3 is 18.6 Å². The molecule has 0 saturated carbocycles. The Labute approximate surface area is 144 Å². The zero-order valence-corrected chi connectivity index (χ0v) is 13.1. The molecule has 8 heteroatoms. The first-order valence-corrected chi connectivity index (χ1v) is 7.56. The molecule has 0 saturated heterocycles. The molecule has 0 radical (unpaired) electrons. The van der Waals surface area contributed by atoms with Gasteiger partial charge in [0.05, 0.1) is 5.56 Å². The summed E-state index contributed by atoms with van der Waals surface area (Å²) in [5.41, 5.74) is -1.50. The van der Waals surface area contributed by atoms with Gasteiger partial charge in [0.2, 0.25) is 6.79 Å². The molecule has 0 aliphatic carbocycles. The van der Waals surface area contributed by atoms with Crippen LogP contribution < -0.4 is 19.8 Å². The van der Waals surface area contributed by atoms with Crippen LogP contribution in [0.1, 0.15) is 11.1 Å². The number of hydrogen-bond acceptors (Lipinski definition) is 5. The third-order valence-corrected chi connectivity index (χ3v) is 3.86. The van der Waals surface area contributed by atoms with Crippen molar-refractivity contribution >= 4 is 11.0 Å². The molecular weight excluding hydrogens is 353 g/mol. The highest BCUT2D eigenvalue weighted by Gasteiger charge is 2.33. The predicted octanol–water partition coefficient (Wildman–Crippen LogP) is 4.12. The number of benzene rings is 2. The average Bonchev–Trinajstić information content (AvgIpc) is 3.05. The lowest BCUT2D eigenvalue weighted by molar-refractivity contribution is -0.136. The van der Waals surface area contributed by atoms with Crippen LogP contribution in [0.5, 0.6) is 17.2 Å². The second kappa shape index (κ2) is 5.98. The first kappa shape index (κ1) is 16.3. The zero-order chi connectivity index (χ0) is 18.3. The van der Waals surface area contributed by atoms with Gasteiger partial charge in [-0.15, -0.1) is 0 Å². The van der Waals surface area contributed by atoms with Gasteiger partial charge in [-0.1, -0.05) is 6.07 Å². The standard InChI is InChI=1S/C18H11F3O5/c19-18(20,21)13-7-17(22)26-15-6-11(2-3-12(13)15)23-8-10-1-4-14-16(5-10)25-9-24-14/h1-7H,8-9H2. The number of rotatable bonds is 3. The summed E-state index contributed by atoms with van der Waals surface area (Å²) in [5.74, 6) is 1.52. The van der Waals surface area contributed by atoms with Gasteiger partial charge in [0.25, 0.3) is 0 Å². The van der Waals surface area contributed by atoms with Crippen molar-refractivity contribution in [3.63, 3.8) is 0 Å². The molecule has 0 amide bonds. The summed E-state index contributed by atoms with van der Waals surface area (Å²) in [5, 5.41) is -0.201. The average molecular weight is 364 g/mol. The predicted molar refractivity (Wildman–Crippen MR) is 84.4 cm³/mol. The normalized spacial score (nSPS) is 13.2. The minimum atomic E-state index is -4.65. The monoisotopic (exact) mass is 364 g/mol. The molecule has 2 aromatic carbocycles. The maximum absolute atomic E-state index is 13.0. The smallest absolute Gasteiger partial charge is 0.417 e. The Kier molecular flexibility index (Phi) is 3.75. The van der Waals surface area contributed by atoms with E-state index in [2.05, 4.69) is 0 Å². The molecule has 4 rings (SSSR count). The summed E-state index contributed by atoms with van der Waals surface area (Å²) in [7, 11) is 0. The molecule has 1 aromatic heterocycles. The number of halogens is 3. The molecule has 2 heterocycles. The largest absolute Gasteiger partial charge is 0.489 e. The number of hydrogen-bond donors (Lipinski definition) is 0. The fraction of sp³-hybridized carbons (Fsp3) is 0.167. The lowest BCUT2D eigenvalue weighted by atomic mass is 10.1. The van der Waals surface area contributed by atoms with Crippen molar-refractivity contribution < 1.29 is 31.8 Å². The molecule has 0 fully saturated rings. The summed E-state index contributed by atoms with van der Waals surface area (Å²) < 4.78 is 60.1. The van der Waals surface area contributed by atoms with Crippen molar-refractivity contribution in [2.24, 2.45) is 0 Å². The van der Waals surface area contributed by atoms with Gasteiger partial charge in [0, 0.05) is 17.5 Å². The quantitative estimate of drug-likeness (QED) is 0.655. The Morgan fingerprint density at radius 1 is 1.00 bits per heavy atom. The summed E-state index contributed by atoms with van der Waals surface area (Å²) in [4.78, 5) is 11.4. The van der Waals surface area contributed by atoms with Crippen molar-refractivity contribution in [3.05, 3.63) is 64.0 Å². The van der Waals surface area contributed by atoms with Gasteiger partial charge >= 0.3 is 11.8 Å². The number of alkyl halides is 3. The van der Waals surface area contributed by atoms with Gasteiger partial charge in [-0.25, -0.2) is 4.79 Å². The fourth-order valence-electron chi connectivity index (χ4n) is 2.66. The molecule has 0 spiro atoms. The van der Waals surface area contributed by atoms with Crippen LogP contribution >= 0.6 is 0 Å². The van der Waals surface area contributed by atoms with E-state index in [0.29, 0.717) is 17.6 Å². The molecule has 0 N–H and O–H groups in total. The molecule has 1 aliphatic heterocycles. The second-order valence-electron chi connectivity index (χ2n) is 5.61. The van der Waals surface area contributed by atoms with Gasteiger partial charge in [-0.2, -0.15) is 13.2 Å². The van der Waals surface area contributed by atoms with E-state index < -0.39 is 17.4 Å². The molecule has 1 aliphatic rings. The minimum absolute atomic E-state index is 0.158. The summed E-state index contributed by atoms with van der Waals surface area (Å²) in [6.07, 6.45) is -4.65. The lowest BCUT2D eigenvalue weighted by Crippen LogP contribution is -2.11. The lowest BCUT2D eigenvalue weighted by Gasteiger charge is -2.11. The van der Waals surface area contributed by atoms with Gasteiger partial charge in [0.15, 0.2) is 11.5 Å². The minimum Gasteiger partial charge on any atom is -0.489 e. The Bertz CT molecular complexity index is 1040. The molecule has 3 aromatic rings. The highest BCUT2D eigenvalue weighted by molar-refractivity contribution is 5.82. The molecule has 5 nitrogen and oxygen atoms in total. The Morgan fingerprint density at radius 2 is 1.81 bits per heavy atom. The molecule has 0 bridgehead atoms. The van der Waals surface area contributed by atoms with E-state index in [0.717, 1.165) is 5.56 Å². The van der Waals surface area contributed by atoms with Crippen molar-refractivity contribution in [1.82, 2.24) is 0 Å². The van der Waals surface area contributed by atoms with Crippen molar-refractivity contribution in [3.8, 4) is 17.2 Å². The highest BCUT2D eigenvalue weighted by Crippen LogP contribution is 2.35. The van der Waals surface area contributed by atoms with Gasteiger partial charge in [-0.3, -0.25) is 0 Å². The van der Waals surface area contributed by atoms with Gasteiger partial charge in [-0.05, 0) is 29.8 Å². The topological polar surface area (TPSA) is 57.9 Å². The maximum Gasteiger partial charge on any atom is 0.417 e. The molecular formula is C18H11F3O5. The molecule has 26 heavy (non-hydrogen) atoms. The highest BCUT2D eigenvalue weighted by atomic mass is 19.4. The summed E-state index contributed by atoms with van der Waals surface area (Å²) in [6, 6.07) is 9.60. The third kappa shape index (κ3) is 3.05. The Balaban J connectivity index is 1.61. The van der Waals surface area contributed by atoms with Crippen LogP contribution in [0, 0.1) is 0 Å². The van der Waals surface area contributed by atoms with Gasteiger partial charge in [0.1, 0.15) is 17.9 Å². The summed E-state index contributed by atoms with van der Waals surface area (Å²) >= 11 is 0. The third-order valence-electron chi connectivity index (χ3n) is 3.86. The van der Waals surface area contributed by atoms with Crippen LogP contribution in [-0.2, 0) is 12.8 Å². The summed E-state index contributed by atoms with van der Waals surface area (Å²) in [6.45, 7) is 0.316. The maximum atomic E-state index is 13.0. The van der Waals surface area contributed by atoms with E-state index >= 15 is 0 Å². The van der Waals surface area contributed by atoms with Crippen LogP contribution in [0.4, 0.5) is 13.2 Å². The molecule has 0 atom stereocenters. The van der Waals surface area contributed by atoms with Crippen LogP contribution in [0.3, 0.4) is 0 Å². The van der Waals surface area contributed by atoms with E-state index in [9.17, 15) is 18.0 Å². The van der Waals surface area contributed by atoms with Crippen molar-refractivity contribution in [2.45, 2.75) is 12.8 Å². The molecule has 0 unspecified atom stereocenters. The van der Waals surface area contributed by atoms with E-state index in [-0.39, 0.29) is 30.1 Å². The van der Waals surface area contributed by atoms with Crippen molar-refractivity contribution in [2.75, 3.05) is 6.79 Å². The second-order valence-corrected chi connectivity index (χ2v) is 5.61. The Hall–Kier alpha value is -3.16. The Morgan fingerprint density at radius 3 is 2.62 bits per heavy atom. The zero-order valence-electron chi connectivity index (χ0n) is 13.1. The SMILES string of the molecule is O=c1cc(C(F)(F)F)c2ccc(OCc3ccc4c(c3)OCO4)cc2o1. The first-order chi connectivity index (χ1) is 12.4. The van der Waals surface area contributed by atoms with E-state index in [1.165, 1.54) is 18.2 Å². The van der Waals surface area contributed by atoms with Crippen LogP contribution in [0.25, 0.3) is 11.0 Å². The fourth-order valence-corrected chi connectivity index (χ4v) is 2.66. The van der Waals surface area contributed by atoms with E-state index in [1.807, 2.05) is 0 Å². The molecule has 134 valence electrons. The van der Waals surface area contributed by atoms with Crippen molar-refractivity contribution in [1.29, 1.82) is 0 Å². The van der Waals surface area contributed by atoms with Crippen LogP contribution in [-0.4, -0.2) is 6.79 Å². The van der Waals surface area contributed by atoms with Crippen LogP contribution in [0.15, 0.2) is 51.7 Å². The first-order valence-electron chi connectivity index (χ1n) is 7.56. The number of ether oxygens (including phenoxy) is 3. The van der Waals surface area contributed by atoms with E-state index in [1.54, 1.807) is 18.2 Å². The van der Waals surface area contributed by atoms with Crippen LogP contribution in [0.2, 0.25) is 0 Å². The number of fused-ring (bicyclic) bond motifs is 2.